The SMILES string of the molecule is COc1ccc([C@@H]2CN[C@H](C(=O)N3CCC[C@H]3C#N)C2)c(OC)c1. The lowest BCUT2D eigenvalue weighted by Gasteiger charge is -2.23. The Kier molecular flexibility index (Phi) is 4.91. The average molecular weight is 329 g/mol. The summed E-state index contributed by atoms with van der Waals surface area (Å²) in [6, 6.07) is 7.53. The Balaban J connectivity index is 1.71. The quantitative estimate of drug-likeness (QED) is 0.909. The van der Waals surface area contributed by atoms with Crippen LogP contribution >= 0.6 is 0 Å². The van der Waals surface area contributed by atoms with Crippen molar-refractivity contribution in [2.75, 3.05) is 27.3 Å². The third-order valence-electron chi connectivity index (χ3n) is 4.99. The van der Waals surface area contributed by atoms with Gasteiger partial charge in [0.15, 0.2) is 0 Å². The molecule has 2 aliphatic rings. The van der Waals surface area contributed by atoms with Gasteiger partial charge in [-0.2, -0.15) is 5.26 Å². The van der Waals surface area contributed by atoms with Gasteiger partial charge in [-0.25, -0.2) is 0 Å². The number of nitriles is 1. The first-order valence-electron chi connectivity index (χ1n) is 8.33. The lowest BCUT2D eigenvalue weighted by Crippen LogP contribution is -2.45. The Morgan fingerprint density at radius 2 is 2.21 bits per heavy atom. The molecule has 1 N–H and O–H groups in total. The molecule has 0 saturated carbocycles. The maximum atomic E-state index is 12.7. The maximum absolute atomic E-state index is 12.7. The lowest BCUT2D eigenvalue weighted by molar-refractivity contribution is -0.133. The minimum atomic E-state index is -0.270. The van der Waals surface area contributed by atoms with Crippen molar-refractivity contribution in [3.05, 3.63) is 23.8 Å². The van der Waals surface area contributed by atoms with Crippen molar-refractivity contribution in [1.29, 1.82) is 5.26 Å². The summed E-state index contributed by atoms with van der Waals surface area (Å²) in [4.78, 5) is 14.4. The van der Waals surface area contributed by atoms with Gasteiger partial charge in [-0.15, -0.1) is 0 Å². The summed E-state index contributed by atoms with van der Waals surface area (Å²) in [6.07, 6.45) is 2.41. The summed E-state index contributed by atoms with van der Waals surface area (Å²) in [7, 11) is 3.27. The second kappa shape index (κ2) is 7.10. The first-order chi connectivity index (χ1) is 11.7. The van der Waals surface area contributed by atoms with Gasteiger partial charge < -0.3 is 19.7 Å². The zero-order valence-electron chi connectivity index (χ0n) is 14.1. The summed E-state index contributed by atoms with van der Waals surface area (Å²) in [5.74, 6) is 1.80. The minimum absolute atomic E-state index is 0.0500. The van der Waals surface area contributed by atoms with Gasteiger partial charge in [-0.3, -0.25) is 4.79 Å². The Hall–Kier alpha value is -2.26. The fourth-order valence-corrected chi connectivity index (χ4v) is 3.68. The maximum Gasteiger partial charge on any atom is 0.240 e. The monoisotopic (exact) mass is 329 g/mol. The van der Waals surface area contributed by atoms with Crippen LogP contribution in [0.15, 0.2) is 18.2 Å². The van der Waals surface area contributed by atoms with Gasteiger partial charge in [0.1, 0.15) is 17.5 Å². The zero-order valence-corrected chi connectivity index (χ0v) is 14.1. The van der Waals surface area contributed by atoms with Crippen LogP contribution in [-0.4, -0.2) is 50.2 Å². The van der Waals surface area contributed by atoms with E-state index in [0.717, 1.165) is 42.9 Å². The number of benzene rings is 1. The second-order valence-corrected chi connectivity index (χ2v) is 6.32. The van der Waals surface area contributed by atoms with E-state index in [9.17, 15) is 10.1 Å². The molecule has 2 saturated heterocycles. The van der Waals surface area contributed by atoms with E-state index in [1.807, 2.05) is 18.2 Å². The smallest absolute Gasteiger partial charge is 0.240 e. The molecule has 1 aromatic rings. The number of rotatable bonds is 4. The molecule has 0 unspecified atom stereocenters. The van der Waals surface area contributed by atoms with Crippen molar-refractivity contribution in [1.82, 2.24) is 10.2 Å². The van der Waals surface area contributed by atoms with Gasteiger partial charge in [0.2, 0.25) is 5.91 Å². The van der Waals surface area contributed by atoms with Crippen molar-refractivity contribution in [2.24, 2.45) is 0 Å². The van der Waals surface area contributed by atoms with E-state index in [1.54, 1.807) is 19.1 Å². The average Bonchev–Trinajstić information content (AvgIpc) is 3.29. The number of carbonyl (C=O) groups is 1. The highest BCUT2D eigenvalue weighted by molar-refractivity contribution is 5.83. The van der Waals surface area contributed by atoms with E-state index in [4.69, 9.17) is 9.47 Å². The first kappa shape index (κ1) is 16.6. The fraction of sp³-hybridized carbons (Fsp3) is 0.556. The molecule has 128 valence electrons. The van der Waals surface area contributed by atoms with Crippen LogP contribution in [0.3, 0.4) is 0 Å². The molecule has 6 heteroatoms. The van der Waals surface area contributed by atoms with E-state index in [0.29, 0.717) is 6.54 Å². The molecule has 3 atom stereocenters. The summed E-state index contributed by atoms with van der Waals surface area (Å²) in [5, 5.41) is 12.5. The van der Waals surface area contributed by atoms with Crippen molar-refractivity contribution in [3.8, 4) is 17.6 Å². The highest BCUT2D eigenvalue weighted by Crippen LogP contribution is 2.35. The Labute approximate surface area is 142 Å². The van der Waals surface area contributed by atoms with Crippen molar-refractivity contribution >= 4 is 5.91 Å². The largest absolute Gasteiger partial charge is 0.497 e. The lowest BCUT2D eigenvalue weighted by atomic mass is 9.95. The minimum Gasteiger partial charge on any atom is -0.497 e. The van der Waals surface area contributed by atoms with Crippen LogP contribution in [0.25, 0.3) is 0 Å². The normalized spacial score (nSPS) is 26.2. The highest BCUT2D eigenvalue weighted by Gasteiger charge is 2.38. The van der Waals surface area contributed by atoms with Crippen molar-refractivity contribution in [2.45, 2.75) is 37.3 Å². The topological polar surface area (TPSA) is 74.6 Å². The van der Waals surface area contributed by atoms with E-state index in [1.165, 1.54) is 0 Å². The number of hydrogen-bond acceptors (Lipinski definition) is 5. The van der Waals surface area contributed by atoms with E-state index < -0.39 is 0 Å². The standard InChI is InChI=1S/C18H23N3O3/c1-23-14-5-6-15(17(9-14)24-2)12-8-16(20-11-12)18(22)21-7-3-4-13(21)10-19/h5-6,9,12-13,16,20H,3-4,7-8,11H2,1-2H3/t12-,13-,16-/m0/s1. The van der Waals surface area contributed by atoms with Crippen LogP contribution < -0.4 is 14.8 Å². The van der Waals surface area contributed by atoms with E-state index >= 15 is 0 Å². The molecule has 0 bridgehead atoms. The molecule has 2 fully saturated rings. The summed E-state index contributed by atoms with van der Waals surface area (Å²) < 4.78 is 10.7. The number of methoxy groups -OCH3 is 2. The summed E-state index contributed by atoms with van der Waals surface area (Å²) >= 11 is 0. The predicted molar refractivity (Wildman–Crippen MR) is 89.0 cm³/mol. The van der Waals surface area contributed by atoms with Gasteiger partial charge in [-0.1, -0.05) is 6.07 Å². The molecule has 0 aromatic heterocycles. The first-order valence-corrected chi connectivity index (χ1v) is 8.33. The second-order valence-electron chi connectivity index (χ2n) is 6.32. The number of likely N-dealkylation sites (tertiary alicyclic amines) is 1. The molecule has 24 heavy (non-hydrogen) atoms. The Morgan fingerprint density at radius 3 is 2.92 bits per heavy atom. The van der Waals surface area contributed by atoms with Gasteiger partial charge in [0, 0.05) is 25.1 Å². The van der Waals surface area contributed by atoms with Gasteiger partial charge in [-0.05, 0) is 30.9 Å². The summed E-state index contributed by atoms with van der Waals surface area (Å²) in [5.41, 5.74) is 1.08. The van der Waals surface area contributed by atoms with Crippen LogP contribution in [0.2, 0.25) is 0 Å². The van der Waals surface area contributed by atoms with Crippen LogP contribution in [0.4, 0.5) is 0 Å². The van der Waals surface area contributed by atoms with Crippen molar-refractivity contribution < 1.29 is 14.3 Å². The number of carbonyl (C=O) groups excluding carboxylic acids is 1. The third-order valence-corrected chi connectivity index (χ3v) is 4.99. The van der Waals surface area contributed by atoms with Crippen LogP contribution in [0.1, 0.15) is 30.7 Å². The Bertz CT molecular complexity index is 655. The number of ether oxygens (including phenoxy) is 2. The number of amides is 1. The molecule has 3 rings (SSSR count). The van der Waals surface area contributed by atoms with Gasteiger partial charge >= 0.3 is 0 Å². The molecule has 6 nitrogen and oxygen atoms in total. The number of hydrogen-bond donors (Lipinski definition) is 1. The van der Waals surface area contributed by atoms with Crippen LogP contribution in [-0.2, 0) is 4.79 Å². The molecule has 1 aromatic carbocycles. The molecule has 0 aliphatic carbocycles. The van der Waals surface area contributed by atoms with E-state index in [-0.39, 0.29) is 23.9 Å². The molecule has 1 amide bonds. The van der Waals surface area contributed by atoms with Gasteiger partial charge in [0.05, 0.1) is 26.3 Å². The van der Waals surface area contributed by atoms with Gasteiger partial charge in [0.25, 0.3) is 0 Å². The molecule has 2 aliphatic heterocycles. The highest BCUT2D eigenvalue weighted by atomic mass is 16.5. The predicted octanol–water partition coefficient (Wildman–Crippen LogP) is 1.66. The van der Waals surface area contributed by atoms with Crippen LogP contribution in [0.5, 0.6) is 11.5 Å². The molecule has 0 radical (unpaired) electrons. The number of nitrogens with zero attached hydrogens (tertiary/aromatic N) is 2. The van der Waals surface area contributed by atoms with E-state index in [2.05, 4.69) is 11.4 Å². The molecule has 0 spiro atoms. The van der Waals surface area contributed by atoms with Crippen molar-refractivity contribution in [3.63, 3.8) is 0 Å². The fourth-order valence-electron chi connectivity index (χ4n) is 3.68. The number of nitrogens with one attached hydrogen (secondary N) is 1. The zero-order chi connectivity index (χ0) is 17.1. The Morgan fingerprint density at radius 1 is 1.38 bits per heavy atom. The third kappa shape index (κ3) is 3.04. The summed E-state index contributed by atoms with van der Waals surface area (Å²) in [6.45, 7) is 1.41. The molecular formula is C18H23N3O3. The van der Waals surface area contributed by atoms with Crippen LogP contribution in [0, 0.1) is 11.3 Å². The molecular weight excluding hydrogens is 306 g/mol. The molecule has 2 heterocycles.